The minimum Gasteiger partial charge on any atom is -0.376 e. The second-order valence-electron chi connectivity index (χ2n) is 5.44. The summed E-state index contributed by atoms with van der Waals surface area (Å²) in [7, 11) is 0. The normalized spacial score (nSPS) is 15.8. The van der Waals surface area contributed by atoms with Gasteiger partial charge in [0.15, 0.2) is 0 Å². The summed E-state index contributed by atoms with van der Waals surface area (Å²) in [5, 5.41) is 4.10. The lowest BCUT2D eigenvalue weighted by atomic mass is 9.99. The van der Waals surface area contributed by atoms with Crippen molar-refractivity contribution in [3.63, 3.8) is 0 Å². The third kappa shape index (κ3) is 2.84. The van der Waals surface area contributed by atoms with Gasteiger partial charge in [0.1, 0.15) is 5.15 Å². The maximum atomic E-state index is 5.90. The van der Waals surface area contributed by atoms with E-state index in [2.05, 4.69) is 23.3 Å². The van der Waals surface area contributed by atoms with Gasteiger partial charge >= 0.3 is 0 Å². The number of hydrogen-bond acceptors (Lipinski definition) is 3. The Balaban J connectivity index is 1.78. The molecule has 2 aromatic rings. The summed E-state index contributed by atoms with van der Waals surface area (Å²) in [5.74, 6) is 0. The highest BCUT2D eigenvalue weighted by Crippen LogP contribution is 2.34. The van der Waals surface area contributed by atoms with Crippen LogP contribution in [0.15, 0.2) is 18.2 Å². The molecule has 20 heavy (non-hydrogen) atoms. The fraction of sp³-hybridized carbons (Fsp3) is 0.438. The average Bonchev–Trinajstić information content (AvgIpc) is 2.86. The average molecular weight is 307 g/mol. The van der Waals surface area contributed by atoms with Gasteiger partial charge in [-0.05, 0) is 63.3 Å². The number of nitrogens with one attached hydrogen (secondary N) is 1. The Labute approximate surface area is 129 Å². The number of nitrogens with zero attached hydrogens (tertiary/aromatic N) is 1. The summed E-state index contributed by atoms with van der Waals surface area (Å²) >= 11 is 7.87. The van der Waals surface area contributed by atoms with Gasteiger partial charge in [-0.3, -0.25) is 0 Å². The maximum absolute atomic E-state index is 5.90. The van der Waals surface area contributed by atoms with Gasteiger partial charge < -0.3 is 5.32 Å². The van der Waals surface area contributed by atoms with Crippen LogP contribution in [0.3, 0.4) is 0 Å². The molecule has 1 aliphatic rings. The first-order valence-corrected chi connectivity index (χ1v) is 8.34. The number of aryl methyl sites for hydroxylation is 3. The predicted octanol–water partition coefficient (Wildman–Crippen LogP) is 5.16. The summed E-state index contributed by atoms with van der Waals surface area (Å²) in [5.41, 5.74) is 3.58. The first-order valence-electron chi connectivity index (χ1n) is 7.14. The van der Waals surface area contributed by atoms with Crippen LogP contribution in [-0.4, -0.2) is 4.98 Å². The summed E-state index contributed by atoms with van der Waals surface area (Å²) in [4.78, 5) is 7.30. The molecular weight excluding hydrogens is 288 g/mol. The minimum absolute atomic E-state index is 0.312. The highest BCUT2D eigenvalue weighted by Gasteiger charge is 2.17. The molecule has 1 aliphatic carbocycles. The molecule has 2 aromatic heterocycles. The van der Waals surface area contributed by atoms with Crippen molar-refractivity contribution in [2.45, 2.75) is 45.6 Å². The number of rotatable bonds is 3. The number of anilines is 1. The molecule has 0 amide bonds. The van der Waals surface area contributed by atoms with Crippen molar-refractivity contribution < 1.29 is 0 Å². The van der Waals surface area contributed by atoms with Crippen LogP contribution in [0.25, 0.3) is 0 Å². The summed E-state index contributed by atoms with van der Waals surface area (Å²) in [6, 6.07) is 6.54. The number of aromatic nitrogens is 1. The zero-order valence-corrected chi connectivity index (χ0v) is 13.4. The molecule has 4 heteroatoms. The van der Waals surface area contributed by atoms with Gasteiger partial charge in [-0.25, -0.2) is 4.98 Å². The zero-order chi connectivity index (χ0) is 14.1. The first-order chi connectivity index (χ1) is 9.63. The van der Waals surface area contributed by atoms with E-state index in [0.717, 1.165) is 11.4 Å². The molecule has 0 aromatic carbocycles. The van der Waals surface area contributed by atoms with Gasteiger partial charge in [-0.2, -0.15) is 0 Å². The van der Waals surface area contributed by atoms with Crippen molar-refractivity contribution >= 4 is 28.6 Å². The number of thiophene rings is 1. The molecule has 0 bridgehead atoms. The maximum Gasteiger partial charge on any atom is 0.129 e. The van der Waals surface area contributed by atoms with Crippen LogP contribution in [0.2, 0.25) is 5.15 Å². The SMILES string of the molecule is Cc1nc(Cl)ccc1NC(C)c1cc2c(s1)CCCC2. The largest absolute Gasteiger partial charge is 0.376 e. The van der Waals surface area contributed by atoms with E-state index in [-0.39, 0.29) is 0 Å². The van der Waals surface area contributed by atoms with Crippen LogP contribution in [0.5, 0.6) is 0 Å². The minimum atomic E-state index is 0.312. The Morgan fingerprint density at radius 1 is 1.30 bits per heavy atom. The van der Waals surface area contributed by atoms with Gasteiger partial charge in [0, 0.05) is 9.75 Å². The van der Waals surface area contributed by atoms with Gasteiger partial charge in [0.2, 0.25) is 0 Å². The monoisotopic (exact) mass is 306 g/mol. The van der Waals surface area contributed by atoms with Crippen LogP contribution < -0.4 is 5.32 Å². The molecule has 2 heterocycles. The number of halogens is 1. The topological polar surface area (TPSA) is 24.9 Å². The van der Waals surface area contributed by atoms with Gasteiger partial charge in [0.25, 0.3) is 0 Å². The van der Waals surface area contributed by atoms with E-state index in [0.29, 0.717) is 11.2 Å². The second-order valence-corrected chi connectivity index (χ2v) is 6.99. The summed E-state index contributed by atoms with van der Waals surface area (Å²) < 4.78 is 0. The van der Waals surface area contributed by atoms with Gasteiger partial charge in [0.05, 0.1) is 17.4 Å². The lowest BCUT2D eigenvalue weighted by molar-refractivity contribution is 0.696. The van der Waals surface area contributed by atoms with E-state index in [4.69, 9.17) is 11.6 Å². The molecule has 3 rings (SSSR count). The second kappa shape index (κ2) is 5.74. The van der Waals surface area contributed by atoms with Crippen molar-refractivity contribution in [3.8, 4) is 0 Å². The highest BCUT2D eigenvalue weighted by molar-refractivity contribution is 7.12. The lowest BCUT2D eigenvalue weighted by Crippen LogP contribution is -2.06. The predicted molar refractivity (Wildman–Crippen MR) is 87.0 cm³/mol. The molecule has 1 atom stereocenters. The van der Waals surface area contributed by atoms with Crippen LogP contribution in [0.1, 0.15) is 46.8 Å². The van der Waals surface area contributed by atoms with E-state index in [1.165, 1.54) is 30.6 Å². The fourth-order valence-electron chi connectivity index (χ4n) is 2.71. The number of hydrogen-bond donors (Lipinski definition) is 1. The third-order valence-electron chi connectivity index (χ3n) is 3.87. The molecule has 0 saturated heterocycles. The molecular formula is C16H19ClN2S. The van der Waals surface area contributed by atoms with Gasteiger partial charge in [-0.15, -0.1) is 11.3 Å². The Hall–Kier alpha value is -1.06. The van der Waals surface area contributed by atoms with Crippen molar-refractivity contribution in [3.05, 3.63) is 44.4 Å². The molecule has 0 saturated carbocycles. The van der Waals surface area contributed by atoms with Crippen LogP contribution in [-0.2, 0) is 12.8 Å². The molecule has 0 spiro atoms. The summed E-state index contributed by atoms with van der Waals surface area (Å²) in [6.45, 7) is 4.20. The standard InChI is InChI=1S/C16H19ClN2S/c1-10-13(7-8-16(17)19-10)18-11(2)15-9-12-5-3-4-6-14(12)20-15/h7-9,11,18H,3-6H2,1-2H3. The summed E-state index contributed by atoms with van der Waals surface area (Å²) in [6.07, 6.45) is 5.19. The van der Waals surface area contributed by atoms with Crippen LogP contribution in [0.4, 0.5) is 5.69 Å². The fourth-order valence-corrected chi connectivity index (χ4v) is 4.16. The Morgan fingerprint density at radius 3 is 2.85 bits per heavy atom. The van der Waals surface area contributed by atoms with Gasteiger partial charge in [-0.1, -0.05) is 11.6 Å². The molecule has 1 unspecified atom stereocenters. The Bertz CT molecular complexity index is 597. The smallest absolute Gasteiger partial charge is 0.129 e. The van der Waals surface area contributed by atoms with E-state index >= 15 is 0 Å². The van der Waals surface area contributed by atoms with Crippen LogP contribution >= 0.6 is 22.9 Å². The molecule has 0 radical (unpaired) electrons. The van der Waals surface area contributed by atoms with E-state index in [1.54, 1.807) is 10.4 Å². The third-order valence-corrected chi connectivity index (χ3v) is 5.50. The van der Waals surface area contributed by atoms with E-state index in [9.17, 15) is 0 Å². The van der Waals surface area contributed by atoms with E-state index < -0.39 is 0 Å². The quantitative estimate of drug-likeness (QED) is 0.793. The van der Waals surface area contributed by atoms with E-state index in [1.807, 2.05) is 30.4 Å². The number of pyridine rings is 1. The Morgan fingerprint density at radius 2 is 2.10 bits per heavy atom. The Kier molecular flexibility index (Phi) is 3.99. The zero-order valence-electron chi connectivity index (χ0n) is 11.9. The molecule has 0 aliphatic heterocycles. The molecule has 2 nitrogen and oxygen atoms in total. The van der Waals surface area contributed by atoms with Crippen LogP contribution in [0, 0.1) is 6.92 Å². The lowest BCUT2D eigenvalue weighted by Gasteiger charge is -2.15. The van der Waals surface area contributed by atoms with Crippen molar-refractivity contribution in [1.82, 2.24) is 4.98 Å². The molecule has 1 N–H and O–H groups in total. The van der Waals surface area contributed by atoms with Crippen molar-refractivity contribution in [2.24, 2.45) is 0 Å². The number of fused-ring (bicyclic) bond motifs is 1. The van der Waals surface area contributed by atoms with Crippen molar-refractivity contribution in [1.29, 1.82) is 0 Å². The molecule has 106 valence electrons. The highest BCUT2D eigenvalue weighted by atomic mass is 35.5. The molecule has 0 fully saturated rings. The first kappa shape index (κ1) is 13.9. The van der Waals surface area contributed by atoms with Crippen molar-refractivity contribution in [2.75, 3.05) is 5.32 Å².